The van der Waals surface area contributed by atoms with Gasteiger partial charge in [-0.25, -0.2) is 14.4 Å². The van der Waals surface area contributed by atoms with Gasteiger partial charge in [-0.3, -0.25) is 14.4 Å². The Bertz CT molecular complexity index is 1210. The lowest BCUT2D eigenvalue weighted by Crippen LogP contribution is -2.41. The maximum Gasteiger partial charge on any atom is 0.351 e. The molecule has 3 fully saturated rings. The highest BCUT2D eigenvalue weighted by Crippen LogP contribution is 2.38. The van der Waals surface area contributed by atoms with E-state index >= 15 is 0 Å². The molecule has 3 saturated heterocycles. The summed E-state index contributed by atoms with van der Waals surface area (Å²) in [5.41, 5.74) is -3.90. The van der Waals surface area contributed by atoms with Crippen molar-refractivity contribution in [2.24, 2.45) is 16.2 Å². The summed E-state index contributed by atoms with van der Waals surface area (Å²) in [6.45, 7) is 27.2. The number of ether oxygens (including phenoxy) is 6. The average Bonchev–Trinajstić information content (AvgIpc) is 3.49. The Morgan fingerprint density at radius 2 is 1.12 bits per heavy atom. The van der Waals surface area contributed by atoms with Crippen LogP contribution in [0.25, 0.3) is 0 Å². The van der Waals surface area contributed by atoms with Crippen LogP contribution in [0.3, 0.4) is 0 Å². The van der Waals surface area contributed by atoms with E-state index in [1.165, 1.54) is 0 Å². The number of carbonyl (C=O) groups excluding carboxylic acids is 6. The molecule has 0 spiro atoms. The first-order valence-corrected chi connectivity index (χ1v) is 16.9. The van der Waals surface area contributed by atoms with E-state index in [2.05, 4.69) is 0 Å². The number of rotatable bonds is 9. The van der Waals surface area contributed by atoms with Crippen LogP contribution in [0.15, 0.2) is 0 Å². The third kappa shape index (κ3) is 11.8. The lowest BCUT2D eigenvalue weighted by atomic mass is 9.89. The van der Waals surface area contributed by atoms with Crippen molar-refractivity contribution in [1.29, 1.82) is 0 Å². The highest BCUT2D eigenvalue weighted by Gasteiger charge is 2.53. The summed E-state index contributed by atoms with van der Waals surface area (Å²) in [7, 11) is 0. The summed E-state index contributed by atoms with van der Waals surface area (Å²) in [4.78, 5) is 69.9. The standard InChI is InChI=1S/C13H22O4.C12H20O4.C11H18O4/c1-7-11(2,3)9(14)17-13(6)8-12(4,5)16-10(13)15;1-6-11(2,3)10(14)15-8-7-12(4,5)16-9(8)13;1-5-11(3,4)10(13)15-8-6-7(2)14-9(8)12/h7-8H2,1-6H3;8H,6-7H2,1-5H3;7-8H,5-6H2,1-4H3. The van der Waals surface area contributed by atoms with Gasteiger partial charge in [-0.2, -0.15) is 0 Å². The van der Waals surface area contributed by atoms with E-state index in [0.717, 1.165) is 0 Å². The van der Waals surface area contributed by atoms with Gasteiger partial charge in [0.1, 0.15) is 17.3 Å². The molecule has 0 aromatic rings. The van der Waals surface area contributed by atoms with Gasteiger partial charge in [0.25, 0.3) is 0 Å². The molecule has 12 heteroatoms. The molecule has 3 heterocycles. The van der Waals surface area contributed by atoms with Crippen LogP contribution < -0.4 is 0 Å². The van der Waals surface area contributed by atoms with Crippen molar-refractivity contribution < 1.29 is 57.2 Å². The summed E-state index contributed by atoms with van der Waals surface area (Å²) in [5, 5.41) is 0. The number of esters is 6. The van der Waals surface area contributed by atoms with Gasteiger partial charge in [0.2, 0.25) is 17.8 Å². The molecule has 0 N–H and O–H groups in total. The monoisotopic (exact) mass is 684 g/mol. The van der Waals surface area contributed by atoms with Crippen LogP contribution >= 0.6 is 0 Å². The van der Waals surface area contributed by atoms with Crippen LogP contribution in [-0.4, -0.2) is 70.9 Å². The number of carbonyl (C=O) groups is 6. The smallest absolute Gasteiger partial charge is 0.351 e. The quantitative estimate of drug-likeness (QED) is 0.201. The molecule has 0 aromatic carbocycles. The molecular weight excluding hydrogens is 624 g/mol. The van der Waals surface area contributed by atoms with Crippen LogP contribution in [-0.2, 0) is 57.2 Å². The maximum absolute atomic E-state index is 12.0. The second kappa shape index (κ2) is 15.6. The van der Waals surface area contributed by atoms with Crippen molar-refractivity contribution in [3.8, 4) is 0 Å². The van der Waals surface area contributed by atoms with Gasteiger partial charge >= 0.3 is 35.8 Å². The van der Waals surface area contributed by atoms with Gasteiger partial charge in [0, 0.05) is 19.3 Å². The molecule has 12 nitrogen and oxygen atoms in total. The van der Waals surface area contributed by atoms with Crippen molar-refractivity contribution in [2.75, 3.05) is 0 Å². The summed E-state index contributed by atoms with van der Waals surface area (Å²) < 4.78 is 30.9. The summed E-state index contributed by atoms with van der Waals surface area (Å²) in [6, 6.07) is 0. The second-order valence-corrected chi connectivity index (χ2v) is 16.3. The van der Waals surface area contributed by atoms with Crippen LogP contribution in [0.2, 0.25) is 0 Å². The van der Waals surface area contributed by atoms with E-state index in [1.807, 2.05) is 62.3 Å². The van der Waals surface area contributed by atoms with Crippen LogP contribution in [0.1, 0.15) is 142 Å². The zero-order valence-electron chi connectivity index (χ0n) is 31.9. The molecule has 48 heavy (non-hydrogen) atoms. The van der Waals surface area contributed by atoms with Crippen molar-refractivity contribution in [2.45, 2.75) is 177 Å². The lowest BCUT2D eigenvalue weighted by Gasteiger charge is -2.27. The van der Waals surface area contributed by atoms with Crippen molar-refractivity contribution in [3.05, 3.63) is 0 Å². The van der Waals surface area contributed by atoms with Crippen LogP contribution in [0, 0.1) is 16.2 Å². The molecule has 0 radical (unpaired) electrons. The predicted molar refractivity (Wildman–Crippen MR) is 176 cm³/mol. The van der Waals surface area contributed by atoms with Crippen LogP contribution in [0.5, 0.6) is 0 Å². The largest absolute Gasteiger partial charge is 0.460 e. The van der Waals surface area contributed by atoms with E-state index in [4.69, 9.17) is 28.4 Å². The Morgan fingerprint density at radius 3 is 1.46 bits per heavy atom. The molecule has 4 unspecified atom stereocenters. The Hall–Kier alpha value is -3.18. The summed E-state index contributed by atoms with van der Waals surface area (Å²) >= 11 is 0. The Labute approximate surface area is 286 Å². The van der Waals surface area contributed by atoms with Crippen molar-refractivity contribution in [3.63, 3.8) is 0 Å². The molecular formula is C36H60O12. The molecule has 0 amide bonds. The number of cyclic esters (lactones) is 3. The van der Waals surface area contributed by atoms with Gasteiger partial charge in [-0.1, -0.05) is 20.8 Å². The molecule has 0 bridgehead atoms. The van der Waals surface area contributed by atoms with Gasteiger partial charge in [-0.15, -0.1) is 0 Å². The third-order valence-corrected chi connectivity index (χ3v) is 9.13. The van der Waals surface area contributed by atoms with E-state index in [-0.39, 0.29) is 24.0 Å². The van der Waals surface area contributed by atoms with Crippen LogP contribution in [0.4, 0.5) is 0 Å². The molecule has 3 aliphatic rings. The van der Waals surface area contributed by atoms with Gasteiger partial charge < -0.3 is 28.4 Å². The number of hydrogen-bond donors (Lipinski definition) is 0. The van der Waals surface area contributed by atoms with E-state index in [1.54, 1.807) is 41.5 Å². The molecule has 4 atom stereocenters. The Balaban J connectivity index is 0.000000361. The summed E-state index contributed by atoms with van der Waals surface area (Å²) in [5.74, 6) is -2.34. The second-order valence-electron chi connectivity index (χ2n) is 16.3. The minimum atomic E-state index is -1.15. The Morgan fingerprint density at radius 1 is 0.688 bits per heavy atom. The fraction of sp³-hybridized carbons (Fsp3) is 0.833. The highest BCUT2D eigenvalue weighted by atomic mass is 16.6. The SMILES string of the molecule is CCC(C)(C)C(=O)OC1(C)CC(C)(C)OC1=O.CCC(C)(C)C(=O)OC1CC(C)(C)OC1=O.CCC(C)(C)C(=O)OC1CC(C)OC1=O. The van der Waals surface area contributed by atoms with Gasteiger partial charge in [-0.05, 0) is 102 Å². The predicted octanol–water partition coefficient (Wildman–Crippen LogP) is 6.18. The van der Waals surface area contributed by atoms with E-state index in [0.29, 0.717) is 38.5 Å². The first kappa shape index (κ1) is 42.8. The molecule has 0 aliphatic carbocycles. The van der Waals surface area contributed by atoms with E-state index in [9.17, 15) is 28.8 Å². The average molecular weight is 685 g/mol. The van der Waals surface area contributed by atoms with Gasteiger partial charge in [0.15, 0.2) is 0 Å². The van der Waals surface area contributed by atoms with Gasteiger partial charge in [0.05, 0.1) is 16.2 Å². The fourth-order valence-electron chi connectivity index (χ4n) is 4.53. The normalized spacial score (nSPS) is 26.1. The lowest BCUT2D eigenvalue weighted by molar-refractivity contribution is -0.178. The first-order valence-electron chi connectivity index (χ1n) is 16.9. The molecule has 0 aromatic heterocycles. The minimum Gasteiger partial charge on any atom is -0.460 e. The van der Waals surface area contributed by atoms with Crippen molar-refractivity contribution in [1.82, 2.24) is 0 Å². The topological polar surface area (TPSA) is 158 Å². The molecule has 3 rings (SSSR count). The highest BCUT2D eigenvalue weighted by molar-refractivity contribution is 5.87. The zero-order chi connectivity index (χ0) is 37.7. The molecule has 3 aliphatic heterocycles. The minimum absolute atomic E-state index is 0.153. The van der Waals surface area contributed by atoms with Crippen molar-refractivity contribution >= 4 is 35.8 Å². The summed E-state index contributed by atoms with van der Waals surface area (Å²) in [6.07, 6.45) is 1.71. The zero-order valence-corrected chi connectivity index (χ0v) is 31.9. The first-order chi connectivity index (χ1) is 21.6. The molecule has 276 valence electrons. The maximum atomic E-state index is 12.0. The Kier molecular flexibility index (Phi) is 13.9. The number of hydrogen-bond acceptors (Lipinski definition) is 12. The van der Waals surface area contributed by atoms with E-state index < -0.39 is 63.2 Å². The molecule has 0 saturated carbocycles. The third-order valence-electron chi connectivity index (χ3n) is 9.13. The fourth-order valence-corrected chi connectivity index (χ4v) is 4.53.